The van der Waals surface area contributed by atoms with Crippen molar-refractivity contribution in [1.29, 1.82) is 5.26 Å². The summed E-state index contributed by atoms with van der Waals surface area (Å²) in [4.78, 5) is 13.4. The van der Waals surface area contributed by atoms with Crippen molar-refractivity contribution >= 4 is 17.4 Å². The van der Waals surface area contributed by atoms with Gasteiger partial charge < -0.3 is 4.90 Å². The molecule has 0 unspecified atom stereocenters. The van der Waals surface area contributed by atoms with Crippen molar-refractivity contribution in [2.24, 2.45) is 0 Å². The fourth-order valence-corrected chi connectivity index (χ4v) is 1.31. The molecule has 0 aliphatic carbocycles. The van der Waals surface area contributed by atoms with Gasteiger partial charge in [0.15, 0.2) is 0 Å². The summed E-state index contributed by atoms with van der Waals surface area (Å²) in [6.45, 7) is 2.45. The zero-order valence-corrected chi connectivity index (χ0v) is 7.91. The Kier molecular flexibility index (Phi) is 3.34. The zero-order chi connectivity index (χ0) is 9.68. The molecule has 68 valence electrons. The standard InChI is InChI=1S/C7H8N4OS/c1-2-11(4-3-8)7(12)6-5-9-10-13-6/h5H,2,4H2,1H3. The van der Waals surface area contributed by atoms with Crippen molar-refractivity contribution in [2.45, 2.75) is 6.92 Å². The highest BCUT2D eigenvalue weighted by Crippen LogP contribution is 2.06. The largest absolute Gasteiger partial charge is 0.325 e. The molecule has 0 spiro atoms. The van der Waals surface area contributed by atoms with E-state index in [1.165, 1.54) is 11.1 Å². The third-order valence-corrected chi connectivity index (χ3v) is 2.16. The first-order valence-corrected chi connectivity index (χ1v) is 4.50. The Hall–Kier alpha value is -1.48. The van der Waals surface area contributed by atoms with Gasteiger partial charge in [0.05, 0.1) is 12.3 Å². The molecule has 0 saturated heterocycles. The number of carbonyl (C=O) groups excluding carboxylic acids is 1. The zero-order valence-electron chi connectivity index (χ0n) is 7.10. The molecule has 0 aliphatic heterocycles. The quantitative estimate of drug-likeness (QED) is 0.661. The molecule has 13 heavy (non-hydrogen) atoms. The minimum Gasteiger partial charge on any atom is -0.325 e. The average Bonchev–Trinajstić information content (AvgIpc) is 2.65. The molecule has 1 heterocycles. The molecule has 0 fully saturated rings. The highest BCUT2D eigenvalue weighted by atomic mass is 32.1. The second-order valence-electron chi connectivity index (χ2n) is 2.26. The molecular weight excluding hydrogens is 188 g/mol. The Labute approximate surface area is 79.8 Å². The van der Waals surface area contributed by atoms with Gasteiger partial charge in [-0.15, -0.1) is 5.10 Å². The van der Waals surface area contributed by atoms with E-state index in [1.54, 1.807) is 0 Å². The van der Waals surface area contributed by atoms with Crippen molar-refractivity contribution in [3.8, 4) is 6.07 Å². The van der Waals surface area contributed by atoms with Gasteiger partial charge in [-0.3, -0.25) is 4.79 Å². The minimum absolute atomic E-state index is 0.104. The summed E-state index contributed by atoms with van der Waals surface area (Å²) < 4.78 is 3.58. The first-order valence-electron chi connectivity index (χ1n) is 3.73. The summed E-state index contributed by atoms with van der Waals surface area (Å²) in [5.41, 5.74) is 0. The highest BCUT2D eigenvalue weighted by Gasteiger charge is 2.15. The molecule has 0 aromatic carbocycles. The number of aromatic nitrogens is 2. The van der Waals surface area contributed by atoms with Gasteiger partial charge in [-0.05, 0) is 18.5 Å². The predicted octanol–water partition coefficient (Wildman–Crippen LogP) is 0.524. The number of amides is 1. The Morgan fingerprint density at radius 3 is 3.08 bits per heavy atom. The lowest BCUT2D eigenvalue weighted by Gasteiger charge is -2.14. The Morgan fingerprint density at radius 2 is 2.62 bits per heavy atom. The number of hydrogen-bond donors (Lipinski definition) is 0. The van der Waals surface area contributed by atoms with Crippen molar-refractivity contribution in [1.82, 2.24) is 14.5 Å². The summed E-state index contributed by atoms with van der Waals surface area (Å²) >= 11 is 1.04. The number of nitrogens with zero attached hydrogens (tertiary/aromatic N) is 4. The molecule has 1 aromatic rings. The monoisotopic (exact) mass is 196 g/mol. The molecule has 0 bridgehead atoms. The second kappa shape index (κ2) is 4.52. The maximum absolute atomic E-state index is 11.5. The molecule has 5 nitrogen and oxygen atoms in total. The van der Waals surface area contributed by atoms with Gasteiger partial charge in [0.25, 0.3) is 5.91 Å². The van der Waals surface area contributed by atoms with E-state index >= 15 is 0 Å². The molecule has 0 radical (unpaired) electrons. The van der Waals surface area contributed by atoms with Crippen molar-refractivity contribution in [3.05, 3.63) is 11.1 Å². The van der Waals surface area contributed by atoms with Gasteiger partial charge in [-0.25, -0.2) is 0 Å². The average molecular weight is 196 g/mol. The van der Waals surface area contributed by atoms with Crippen LogP contribution in [0.25, 0.3) is 0 Å². The number of nitriles is 1. The smallest absolute Gasteiger partial charge is 0.268 e. The van der Waals surface area contributed by atoms with E-state index in [-0.39, 0.29) is 12.5 Å². The summed E-state index contributed by atoms with van der Waals surface area (Å²) in [6, 6.07) is 1.93. The fourth-order valence-electron chi connectivity index (χ4n) is 0.830. The molecular formula is C7H8N4OS. The SMILES string of the molecule is CCN(CC#N)C(=O)c1cnns1. The lowest BCUT2D eigenvalue weighted by molar-refractivity contribution is 0.0788. The van der Waals surface area contributed by atoms with Crippen molar-refractivity contribution in [2.75, 3.05) is 13.1 Å². The van der Waals surface area contributed by atoms with E-state index < -0.39 is 0 Å². The minimum atomic E-state index is -0.181. The van der Waals surface area contributed by atoms with Crippen LogP contribution in [0, 0.1) is 11.3 Å². The van der Waals surface area contributed by atoms with Crippen LogP contribution in [0.3, 0.4) is 0 Å². The maximum Gasteiger partial charge on any atom is 0.268 e. The molecule has 0 atom stereocenters. The summed E-state index contributed by atoms with van der Waals surface area (Å²) in [7, 11) is 0. The van der Waals surface area contributed by atoms with E-state index in [1.807, 2.05) is 13.0 Å². The van der Waals surface area contributed by atoms with E-state index in [4.69, 9.17) is 5.26 Å². The molecule has 0 N–H and O–H groups in total. The fraction of sp³-hybridized carbons (Fsp3) is 0.429. The van der Waals surface area contributed by atoms with Crippen LogP contribution >= 0.6 is 11.5 Å². The Balaban J connectivity index is 2.72. The molecule has 6 heteroatoms. The van der Waals surface area contributed by atoms with Crippen LogP contribution in [0.2, 0.25) is 0 Å². The van der Waals surface area contributed by atoms with E-state index in [0.29, 0.717) is 11.4 Å². The molecule has 1 aromatic heterocycles. The van der Waals surface area contributed by atoms with Gasteiger partial charge in [0.2, 0.25) is 0 Å². The molecule has 0 aliphatic rings. The van der Waals surface area contributed by atoms with Crippen LogP contribution in [0.15, 0.2) is 6.20 Å². The van der Waals surface area contributed by atoms with Crippen molar-refractivity contribution in [3.63, 3.8) is 0 Å². The predicted molar refractivity (Wildman–Crippen MR) is 47.1 cm³/mol. The maximum atomic E-state index is 11.5. The van der Waals surface area contributed by atoms with Gasteiger partial charge in [-0.2, -0.15) is 5.26 Å². The number of hydrogen-bond acceptors (Lipinski definition) is 5. The number of carbonyl (C=O) groups is 1. The van der Waals surface area contributed by atoms with Crippen LogP contribution in [0.5, 0.6) is 0 Å². The van der Waals surface area contributed by atoms with Gasteiger partial charge in [0.1, 0.15) is 11.4 Å². The van der Waals surface area contributed by atoms with Crippen LogP contribution in [-0.2, 0) is 0 Å². The molecule has 1 rings (SSSR count). The normalized spacial score (nSPS) is 9.23. The number of rotatable bonds is 3. The molecule has 1 amide bonds. The second-order valence-corrected chi connectivity index (χ2v) is 3.04. The van der Waals surface area contributed by atoms with Crippen molar-refractivity contribution < 1.29 is 4.79 Å². The summed E-state index contributed by atoms with van der Waals surface area (Å²) in [5, 5.41) is 12.0. The van der Waals surface area contributed by atoms with Gasteiger partial charge in [-0.1, -0.05) is 4.49 Å². The Morgan fingerprint density at radius 1 is 1.85 bits per heavy atom. The van der Waals surface area contributed by atoms with Crippen LogP contribution in [0.1, 0.15) is 16.6 Å². The topological polar surface area (TPSA) is 69.9 Å². The summed E-state index contributed by atoms with van der Waals surface area (Å²) in [6.07, 6.45) is 1.41. The lowest BCUT2D eigenvalue weighted by Crippen LogP contribution is -2.30. The lowest BCUT2D eigenvalue weighted by atomic mass is 10.4. The van der Waals surface area contributed by atoms with Crippen LogP contribution in [-0.4, -0.2) is 33.5 Å². The highest BCUT2D eigenvalue weighted by molar-refractivity contribution is 7.07. The molecule has 0 saturated carbocycles. The third kappa shape index (κ3) is 2.23. The van der Waals surface area contributed by atoms with Crippen LogP contribution < -0.4 is 0 Å². The Bertz CT molecular complexity index is 316. The third-order valence-electron chi connectivity index (χ3n) is 1.50. The van der Waals surface area contributed by atoms with Crippen LogP contribution in [0.4, 0.5) is 0 Å². The first kappa shape index (κ1) is 9.61. The van der Waals surface area contributed by atoms with Gasteiger partial charge in [0, 0.05) is 6.54 Å². The van der Waals surface area contributed by atoms with E-state index in [0.717, 1.165) is 11.5 Å². The van der Waals surface area contributed by atoms with E-state index in [9.17, 15) is 4.79 Å². The summed E-state index contributed by atoms with van der Waals surface area (Å²) in [5.74, 6) is -0.181. The van der Waals surface area contributed by atoms with Gasteiger partial charge >= 0.3 is 0 Å². The van der Waals surface area contributed by atoms with E-state index in [2.05, 4.69) is 9.59 Å². The first-order chi connectivity index (χ1) is 6.29.